The molecule has 714 valence electrons. The van der Waals surface area contributed by atoms with Crippen molar-refractivity contribution in [1.29, 1.82) is 0 Å². The van der Waals surface area contributed by atoms with Crippen LogP contribution in [0.2, 0.25) is 0 Å². The molecule has 24 saturated carbocycles. The van der Waals surface area contributed by atoms with E-state index in [4.69, 9.17) is 14.2 Å². The van der Waals surface area contributed by atoms with E-state index in [2.05, 4.69) is 118 Å². The van der Waals surface area contributed by atoms with Gasteiger partial charge >= 0.3 is 0 Å². The van der Waals surface area contributed by atoms with Gasteiger partial charge in [-0.3, -0.25) is 0 Å². The van der Waals surface area contributed by atoms with E-state index in [0.29, 0.717) is 70.6 Å². The average Bonchev–Trinajstić information content (AvgIpc) is 1.54. The van der Waals surface area contributed by atoms with Crippen LogP contribution in [0.25, 0.3) is 0 Å². The van der Waals surface area contributed by atoms with Crippen LogP contribution in [0, 0.1) is 221 Å². The third kappa shape index (κ3) is 12.4. The summed E-state index contributed by atoms with van der Waals surface area (Å²) in [6.45, 7) is 25.8. The Morgan fingerprint density at radius 2 is 0.481 bits per heavy atom. The van der Waals surface area contributed by atoms with E-state index in [9.17, 15) is 0 Å². The van der Waals surface area contributed by atoms with Gasteiger partial charge in [-0.2, -0.15) is 0 Å². The summed E-state index contributed by atoms with van der Waals surface area (Å²) in [7, 11) is 0. The first-order chi connectivity index (χ1) is 64.6. The Balaban J connectivity index is 0.0000000847. The second-order valence-electron chi connectivity index (χ2n) is 58.9. The molecule has 34 rings (SSSR count). The molecule has 4 aromatic carbocycles. The number of hydrogen-bond acceptors (Lipinski definition) is 3. The Hall–Kier alpha value is -3.24. The molecule has 30 fully saturated rings. The van der Waals surface area contributed by atoms with Crippen LogP contribution in [0.15, 0.2) is 48.5 Å². The molecule has 30 aliphatic rings. The van der Waals surface area contributed by atoms with E-state index in [1.54, 1.807) is 160 Å². The second-order valence-corrected chi connectivity index (χ2v) is 58.9. The smallest absolute Gasteiger partial charge is 0.0649 e. The van der Waals surface area contributed by atoms with Crippen molar-refractivity contribution >= 4 is 0 Å². The van der Waals surface area contributed by atoms with Crippen molar-refractivity contribution in [3.63, 3.8) is 0 Å². The minimum absolute atomic E-state index is 0.458. The van der Waals surface area contributed by atoms with Crippen LogP contribution in [-0.4, -0.2) is 36.6 Å². The zero-order valence-electron chi connectivity index (χ0n) is 84.9. The van der Waals surface area contributed by atoms with E-state index in [1.807, 2.05) is 44.5 Å². The maximum absolute atomic E-state index is 6.27. The van der Waals surface area contributed by atoms with Crippen LogP contribution in [-0.2, 0) is 14.2 Å². The molecular formula is C130H176O3. The van der Waals surface area contributed by atoms with E-state index < -0.39 is 0 Å². The van der Waals surface area contributed by atoms with Crippen molar-refractivity contribution in [3.05, 3.63) is 138 Å². The van der Waals surface area contributed by atoms with Gasteiger partial charge in [-0.15, -0.1) is 0 Å². The molecule has 0 radical (unpaired) electrons. The Morgan fingerprint density at radius 3 is 0.797 bits per heavy atom. The normalized spacial score (nSPS) is 52.7. The molecule has 0 spiro atoms. The summed E-state index contributed by atoms with van der Waals surface area (Å²) < 4.78 is 18.8. The minimum atomic E-state index is 0.458. The summed E-state index contributed by atoms with van der Waals surface area (Å²) in [4.78, 5) is 0. The van der Waals surface area contributed by atoms with Gasteiger partial charge in [0.1, 0.15) is 0 Å². The number of rotatable bonds is 12. The lowest BCUT2D eigenvalue weighted by Gasteiger charge is -2.42. The molecule has 3 heteroatoms. The number of fused-ring (bicyclic) bond motifs is 45. The molecule has 4 aromatic rings. The van der Waals surface area contributed by atoms with E-state index in [1.165, 1.54) is 173 Å². The van der Waals surface area contributed by atoms with E-state index >= 15 is 0 Å². The quantitative estimate of drug-likeness (QED) is 0.132. The second kappa shape index (κ2) is 30.4. The molecule has 133 heavy (non-hydrogen) atoms. The maximum Gasteiger partial charge on any atom is 0.0649 e. The largest absolute Gasteiger partial charge is 0.374 e. The molecule has 0 aromatic heterocycles. The Morgan fingerprint density at radius 1 is 0.195 bits per heavy atom. The Kier molecular flexibility index (Phi) is 19.3. The molecular weight excluding hydrogens is 1610 g/mol. The summed E-state index contributed by atoms with van der Waals surface area (Å²) >= 11 is 0. The highest BCUT2D eigenvalue weighted by Crippen LogP contribution is 2.77. The lowest BCUT2D eigenvalue weighted by atomic mass is 9.62. The van der Waals surface area contributed by atoms with Gasteiger partial charge in [0.25, 0.3) is 0 Å². The average molecular weight is 1790 g/mol. The van der Waals surface area contributed by atoms with Crippen molar-refractivity contribution in [3.8, 4) is 0 Å². The molecule has 0 amide bonds. The van der Waals surface area contributed by atoms with Gasteiger partial charge in [0.05, 0.1) is 36.6 Å². The summed E-state index contributed by atoms with van der Waals surface area (Å²) in [5.74, 6) is 41.7. The Bertz CT molecular complexity index is 4910. The molecule has 0 N–H and O–H groups in total. The first kappa shape index (κ1) is 84.3. The standard InChI is InChI=1S/C43H56.C34H50.C28H38.C25H32O3/c1-19-30(33-14-28-17-36(33)42-24-6-3-21(9-24)39(28)42)11-26(32-13-27-16-35(32)41-23-5-2-20(8-23)38(27)41)12-31(19)34-15-29-18-37(34)43-25-7-4-22(10-25)40(29)43;1-19-24(27-17-22-9-12-30(27)33(22,4)5)14-20(26-16-21-8-11-29(26)32(21,2)3)15-25(19)28-18-23-10-13-31(28)34(23,6)7;1-16-24(27-12-18-3-6-21(27)9-18)14-23(26-11-17-2-5-20(26)8-17)15-25(16)28-13-19-4-7-22(28)10-19;1-13-18(21-11-16-3-6-24(21)27-16)8-14(20-10-15-2-5-23(20)26-15)9-19(13)22-12-17-4-7-25(22)28-17/h11-12,20-25,27-29,32-43H,2-10,13-18H2,1H3;14-15,21-23,26-31H,8-13,16-18H2,1-7H3;14-15,17-22,26-28H,2-13H2,1H3;8-9,15-17,20-25H,2-7,10-12H2,1H3. The first-order valence-corrected chi connectivity index (χ1v) is 60.2. The molecule has 48 unspecified atom stereocenters. The lowest BCUT2D eigenvalue weighted by Crippen LogP contribution is -2.34. The highest BCUT2D eigenvalue weighted by atomic mass is 16.5. The van der Waals surface area contributed by atoms with Crippen molar-refractivity contribution in [2.45, 2.75) is 466 Å². The van der Waals surface area contributed by atoms with E-state index in [0.717, 1.165) is 231 Å². The summed E-state index contributed by atoms with van der Waals surface area (Å²) in [6, 6.07) is 22.3. The van der Waals surface area contributed by atoms with E-state index in [-0.39, 0.29) is 0 Å². The summed E-state index contributed by atoms with van der Waals surface area (Å²) in [5, 5.41) is 0. The zero-order chi connectivity index (χ0) is 88.0. The van der Waals surface area contributed by atoms with Crippen LogP contribution in [0.4, 0.5) is 0 Å². The molecule has 48 atom stereocenters. The fourth-order valence-electron chi connectivity index (χ4n) is 48.9. The van der Waals surface area contributed by atoms with Crippen molar-refractivity contribution in [2.24, 2.45) is 194 Å². The third-order valence-electron chi connectivity index (χ3n) is 54.3. The SMILES string of the molecule is Cc1c(C2CC3CC2C2C4CCC(C4)C32)cc(C2CC3CC2C2C4CCC(C4)C32)cc1C1CC2CC1C1C3CCC(C3)C21.Cc1c(C2CC3CCC2C3(C)C)cc(C2CC3CCC2C3(C)C)cc1C1CC2CCC1C2(C)C.Cc1c(C2CC3CCC2C3)cc(C2CC3CCC2C3)cc1C1CC2CCC1C2.Cc1c(C2CC3CCC2O3)cc(C2CC3CCC2O3)cc1C1CC2CCC1O2. The summed E-state index contributed by atoms with van der Waals surface area (Å²) in [6.07, 6.45) is 69.9. The minimum Gasteiger partial charge on any atom is -0.374 e. The first-order valence-electron chi connectivity index (χ1n) is 60.2. The molecule has 3 nitrogen and oxygen atoms in total. The van der Waals surface area contributed by atoms with Crippen LogP contribution in [0.1, 0.15) is 491 Å². The fourth-order valence-corrected chi connectivity index (χ4v) is 48.9. The third-order valence-corrected chi connectivity index (χ3v) is 54.3. The van der Waals surface area contributed by atoms with Crippen LogP contribution >= 0.6 is 0 Å². The zero-order valence-corrected chi connectivity index (χ0v) is 84.9. The van der Waals surface area contributed by atoms with Gasteiger partial charge in [0.2, 0.25) is 0 Å². The highest BCUT2D eigenvalue weighted by molar-refractivity contribution is 5.52. The van der Waals surface area contributed by atoms with Crippen molar-refractivity contribution < 1.29 is 14.2 Å². The van der Waals surface area contributed by atoms with Gasteiger partial charge in [0, 0.05) is 17.8 Å². The Labute approximate surface area is 805 Å². The lowest BCUT2D eigenvalue weighted by molar-refractivity contribution is 0.0998. The van der Waals surface area contributed by atoms with Gasteiger partial charge in [-0.25, -0.2) is 0 Å². The van der Waals surface area contributed by atoms with Crippen molar-refractivity contribution in [2.75, 3.05) is 0 Å². The topological polar surface area (TPSA) is 27.7 Å². The molecule has 6 heterocycles. The highest BCUT2D eigenvalue weighted by Gasteiger charge is 2.68. The summed E-state index contributed by atoms with van der Waals surface area (Å²) in [5.41, 5.74) is 30.0. The van der Waals surface area contributed by atoms with Gasteiger partial charge in [-0.05, 0) is 633 Å². The van der Waals surface area contributed by atoms with Gasteiger partial charge < -0.3 is 14.2 Å². The predicted molar refractivity (Wildman–Crippen MR) is 537 cm³/mol. The molecule has 24 aliphatic carbocycles. The monoisotopic (exact) mass is 1790 g/mol. The fraction of sp³-hybridized carbons (Fsp3) is 0.815. The van der Waals surface area contributed by atoms with Gasteiger partial charge in [-0.1, -0.05) is 109 Å². The van der Waals surface area contributed by atoms with Crippen LogP contribution in [0.5, 0.6) is 0 Å². The van der Waals surface area contributed by atoms with Gasteiger partial charge in [0.15, 0.2) is 0 Å². The number of ether oxygens (including phenoxy) is 3. The molecule has 6 aliphatic heterocycles. The molecule has 6 saturated heterocycles. The number of benzene rings is 4. The van der Waals surface area contributed by atoms with Crippen LogP contribution < -0.4 is 0 Å². The molecule has 30 bridgehead atoms. The number of hydrogen-bond donors (Lipinski definition) is 0. The maximum atomic E-state index is 6.27. The van der Waals surface area contributed by atoms with Crippen molar-refractivity contribution in [1.82, 2.24) is 0 Å². The van der Waals surface area contributed by atoms with Crippen LogP contribution in [0.3, 0.4) is 0 Å². The predicted octanol–water partition coefficient (Wildman–Crippen LogP) is 32.8.